The fourth-order valence-electron chi connectivity index (χ4n) is 3.77. The van der Waals surface area contributed by atoms with Gasteiger partial charge in [0.15, 0.2) is 0 Å². The Morgan fingerprint density at radius 1 is 1.33 bits per heavy atom. The number of para-hydroxylation sites is 1. The van der Waals surface area contributed by atoms with Crippen LogP contribution in [0.15, 0.2) is 28.7 Å². The topological polar surface area (TPSA) is 94.8 Å². The van der Waals surface area contributed by atoms with E-state index in [0.717, 1.165) is 35.1 Å². The first-order chi connectivity index (χ1) is 12.9. The van der Waals surface area contributed by atoms with Gasteiger partial charge in [-0.15, -0.1) is 0 Å². The number of nitrogens with zero attached hydrogens (tertiary/aromatic N) is 1. The number of amides is 2. The van der Waals surface area contributed by atoms with Crippen LogP contribution in [0, 0.1) is 6.92 Å². The molecule has 0 saturated heterocycles. The van der Waals surface area contributed by atoms with Crippen LogP contribution < -0.4 is 10.6 Å². The second-order valence-corrected chi connectivity index (χ2v) is 7.21. The molecular weight excluding hydrogens is 346 g/mol. The van der Waals surface area contributed by atoms with Crippen molar-refractivity contribution in [2.24, 2.45) is 0 Å². The van der Waals surface area contributed by atoms with Crippen molar-refractivity contribution in [3.05, 3.63) is 35.6 Å². The highest BCUT2D eigenvalue weighted by atomic mass is 16.4. The summed E-state index contributed by atoms with van der Waals surface area (Å²) >= 11 is 0. The number of carboxylic acid groups (broad SMARTS) is 1. The molecule has 1 atom stereocenters. The summed E-state index contributed by atoms with van der Waals surface area (Å²) in [7, 11) is 0. The van der Waals surface area contributed by atoms with Gasteiger partial charge >= 0.3 is 12.0 Å². The SMILES string of the molecule is CCN(CC(=O)O)C1CC(NC(=O)N[C@H](C)c2oc3ccccc3c2C)C1. The lowest BCUT2D eigenvalue weighted by atomic mass is 9.85. The van der Waals surface area contributed by atoms with Gasteiger partial charge in [0.25, 0.3) is 0 Å². The molecular formula is C20H27N3O4. The summed E-state index contributed by atoms with van der Waals surface area (Å²) in [6.07, 6.45) is 1.54. The lowest BCUT2D eigenvalue weighted by molar-refractivity contribution is -0.139. The molecule has 2 amide bonds. The summed E-state index contributed by atoms with van der Waals surface area (Å²) in [6.45, 7) is 6.59. The molecule has 0 radical (unpaired) electrons. The number of carbonyl (C=O) groups is 2. The van der Waals surface area contributed by atoms with Crippen LogP contribution in [0.3, 0.4) is 0 Å². The molecule has 1 heterocycles. The number of aliphatic carboxylic acids is 1. The highest BCUT2D eigenvalue weighted by molar-refractivity contribution is 5.82. The van der Waals surface area contributed by atoms with E-state index in [1.807, 2.05) is 49.9 Å². The van der Waals surface area contributed by atoms with E-state index in [4.69, 9.17) is 9.52 Å². The number of fused-ring (bicyclic) bond motifs is 1. The molecule has 27 heavy (non-hydrogen) atoms. The number of hydrogen-bond acceptors (Lipinski definition) is 4. The van der Waals surface area contributed by atoms with Gasteiger partial charge < -0.3 is 20.2 Å². The molecule has 1 aromatic heterocycles. The first-order valence-electron chi connectivity index (χ1n) is 9.40. The molecule has 0 aliphatic heterocycles. The Hall–Kier alpha value is -2.54. The lowest BCUT2D eigenvalue weighted by Gasteiger charge is -2.42. The largest absolute Gasteiger partial charge is 0.480 e. The standard InChI is InChI=1S/C20H27N3O4/c1-4-23(11-18(24)25)15-9-14(10-15)22-20(26)21-13(3)19-12(2)16-7-5-6-8-17(16)27-19/h5-8,13-15H,4,9-11H2,1-3H3,(H,24,25)(H2,21,22,26)/t13-,14?,15?/m1/s1. The van der Waals surface area contributed by atoms with Crippen molar-refractivity contribution in [1.82, 2.24) is 15.5 Å². The minimum atomic E-state index is -0.818. The fraction of sp³-hybridized carbons (Fsp3) is 0.500. The van der Waals surface area contributed by atoms with Crippen molar-refractivity contribution in [3.63, 3.8) is 0 Å². The van der Waals surface area contributed by atoms with Crippen LogP contribution in [0.1, 0.15) is 44.1 Å². The van der Waals surface area contributed by atoms with E-state index < -0.39 is 5.97 Å². The Balaban J connectivity index is 1.51. The van der Waals surface area contributed by atoms with Crippen LogP contribution in [-0.4, -0.2) is 47.2 Å². The molecule has 146 valence electrons. The van der Waals surface area contributed by atoms with Gasteiger partial charge in [-0.05, 0) is 39.3 Å². The van der Waals surface area contributed by atoms with E-state index in [0.29, 0.717) is 6.54 Å². The summed E-state index contributed by atoms with van der Waals surface area (Å²) < 4.78 is 5.90. The number of rotatable bonds is 7. The molecule has 3 rings (SSSR count). The normalized spacial score (nSPS) is 20.3. The third-order valence-corrected chi connectivity index (χ3v) is 5.33. The molecule has 1 aliphatic carbocycles. The molecule has 7 nitrogen and oxygen atoms in total. The van der Waals surface area contributed by atoms with Gasteiger partial charge in [-0.3, -0.25) is 9.69 Å². The quantitative estimate of drug-likeness (QED) is 0.693. The minimum absolute atomic E-state index is 0.0441. The van der Waals surface area contributed by atoms with Crippen LogP contribution >= 0.6 is 0 Å². The highest BCUT2D eigenvalue weighted by Crippen LogP contribution is 2.29. The first-order valence-corrected chi connectivity index (χ1v) is 9.40. The van der Waals surface area contributed by atoms with Crippen molar-refractivity contribution < 1.29 is 19.1 Å². The zero-order valence-corrected chi connectivity index (χ0v) is 16.0. The first kappa shape index (κ1) is 19.2. The number of carboxylic acids is 1. The number of nitrogens with one attached hydrogen (secondary N) is 2. The molecule has 0 bridgehead atoms. The van der Waals surface area contributed by atoms with Gasteiger partial charge in [0.05, 0.1) is 12.6 Å². The second kappa shape index (κ2) is 8.00. The highest BCUT2D eigenvalue weighted by Gasteiger charge is 2.35. The maximum absolute atomic E-state index is 12.3. The summed E-state index contributed by atoms with van der Waals surface area (Å²) in [5.41, 5.74) is 1.85. The minimum Gasteiger partial charge on any atom is -0.480 e. The number of urea groups is 1. The third kappa shape index (κ3) is 4.24. The van der Waals surface area contributed by atoms with Gasteiger partial charge in [-0.2, -0.15) is 0 Å². The van der Waals surface area contributed by atoms with Crippen LogP contribution in [0.5, 0.6) is 0 Å². The van der Waals surface area contributed by atoms with E-state index in [2.05, 4.69) is 10.6 Å². The molecule has 1 fully saturated rings. The molecule has 3 N–H and O–H groups in total. The number of furan rings is 1. The van der Waals surface area contributed by atoms with Crippen LogP contribution in [-0.2, 0) is 4.79 Å². The molecule has 1 aromatic carbocycles. The van der Waals surface area contributed by atoms with Crippen molar-refractivity contribution >= 4 is 23.0 Å². The summed E-state index contributed by atoms with van der Waals surface area (Å²) in [5.74, 6) is -0.0579. The van der Waals surface area contributed by atoms with Crippen molar-refractivity contribution in [1.29, 1.82) is 0 Å². The van der Waals surface area contributed by atoms with Crippen LogP contribution in [0.25, 0.3) is 11.0 Å². The van der Waals surface area contributed by atoms with Crippen molar-refractivity contribution in [2.75, 3.05) is 13.1 Å². The molecule has 7 heteroatoms. The average Bonchev–Trinajstić information content (AvgIpc) is 2.93. The van der Waals surface area contributed by atoms with E-state index in [1.165, 1.54) is 0 Å². The molecule has 0 spiro atoms. The molecule has 1 aliphatic rings. The Labute approximate surface area is 158 Å². The monoisotopic (exact) mass is 373 g/mol. The van der Waals surface area contributed by atoms with Crippen LogP contribution in [0.4, 0.5) is 4.79 Å². The summed E-state index contributed by atoms with van der Waals surface area (Å²) in [6, 6.07) is 7.64. The van der Waals surface area contributed by atoms with Gasteiger partial charge in [-0.1, -0.05) is 25.1 Å². The van der Waals surface area contributed by atoms with E-state index >= 15 is 0 Å². The fourth-order valence-corrected chi connectivity index (χ4v) is 3.77. The van der Waals surface area contributed by atoms with E-state index in [9.17, 15) is 9.59 Å². The van der Waals surface area contributed by atoms with Gasteiger partial charge in [0, 0.05) is 23.0 Å². The smallest absolute Gasteiger partial charge is 0.317 e. The maximum atomic E-state index is 12.3. The Morgan fingerprint density at radius 2 is 2.04 bits per heavy atom. The maximum Gasteiger partial charge on any atom is 0.317 e. The summed E-state index contributed by atoms with van der Waals surface area (Å²) in [4.78, 5) is 25.1. The van der Waals surface area contributed by atoms with Gasteiger partial charge in [-0.25, -0.2) is 4.79 Å². The number of benzene rings is 1. The van der Waals surface area contributed by atoms with Gasteiger partial charge in [0.1, 0.15) is 11.3 Å². The Morgan fingerprint density at radius 3 is 2.67 bits per heavy atom. The molecule has 2 aromatic rings. The van der Waals surface area contributed by atoms with Crippen molar-refractivity contribution in [2.45, 2.75) is 51.7 Å². The third-order valence-electron chi connectivity index (χ3n) is 5.33. The number of hydrogen-bond donors (Lipinski definition) is 3. The second-order valence-electron chi connectivity index (χ2n) is 7.21. The number of aryl methyl sites for hydroxylation is 1. The predicted molar refractivity (Wildman–Crippen MR) is 103 cm³/mol. The van der Waals surface area contributed by atoms with E-state index in [-0.39, 0.29) is 30.7 Å². The zero-order chi connectivity index (χ0) is 19.6. The van der Waals surface area contributed by atoms with Gasteiger partial charge in [0.2, 0.25) is 0 Å². The number of carbonyl (C=O) groups excluding carboxylic acids is 1. The average molecular weight is 373 g/mol. The zero-order valence-electron chi connectivity index (χ0n) is 16.0. The molecule has 0 unspecified atom stereocenters. The van der Waals surface area contributed by atoms with Crippen molar-refractivity contribution in [3.8, 4) is 0 Å². The predicted octanol–water partition coefficient (Wildman–Crippen LogP) is 3.04. The van der Waals surface area contributed by atoms with E-state index in [1.54, 1.807) is 0 Å². The molecule has 1 saturated carbocycles. The lowest BCUT2D eigenvalue weighted by Crippen LogP contribution is -2.56. The Kier molecular flexibility index (Phi) is 5.70. The van der Waals surface area contributed by atoms with Crippen LogP contribution in [0.2, 0.25) is 0 Å². The Bertz CT molecular complexity index is 826. The summed E-state index contributed by atoms with van der Waals surface area (Å²) in [5, 5.41) is 15.9. The number of likely N-dealkylation sites (N-methyl/N-ethyl adjacent to an activating group) is 1.